The third kappa shape index (κ3) is 7.70. The number of benzene rings is 4. The molecule has 5 atom stereocenters. The van der Waals surface area contributed by atoms with Crippen molar-refractivity contribution in [1.29, 1.82) is 0 Å². The lowest BCUT2D eigenvalue weighted by atomic mass is 9.99. The Bertz CT molecular complexity index is 1510. The summed E-state index contributed by atoms with van der Waals surface area (Å²) in [5, 5.41) is 11.7. The lowest BCUT2D eigenvalue weighted by molar-refractivity contribution is -0.206. The number of thioether (sulfide) groups is 1. The van der Waals surface area contributed by atoms with Gasteiger partial charge in [0, 0.05) is 4.90 Å². The summed E-state index contributed by atoms with van der Waals surface area (Å²) in [5.74, 6) is -2.00. The van der Waals surface area contributed by atoms with Crippen LogP contribution in [-0.2, 0) is 18.9 Å². The Balaban J connectivity index is 1.44. The van der Waals surface area contributed by atoms with Gasteiger partial charge in [-0.05, 0) is 55.5 Å². The highest BCUT2D eigenvalue weighted by Gasteiger charge is 2.50. The average Bonchev–Trinajstić information content (AvgIpc) is 3.05. The smallest absolute Gasteiger partial charge is 0.338 e. The number of aliphatic hydroxyl groups is 1. The van der Waals surface area contributed by atoms with Crippen molar-refractivity contribution in [3.05, 3.63) is 138 Å². The van der Waals surface area contributed by atoms with Gasteiger partial charge < -0.3 is 24.1 Å². The molecule has 0 spiro atoms. The number of hydrogen-bond donors (Lipinski definition) is 1. The van der Waals surface area contributed by atoms with Crippen LogP contribution in [0.15, 0.2) is 120 Å². The second kappa shape index (κ2) is 14.2. The van der Waals surface area contributed by atoms with E-state index in [4.69, 9.17) is 18.9 Å². The summed E-state index contributed by atoms with van der Waals surface area (Å²) >= 11 is 1.23. The molecule has 1 heterocycles. The molecule has 4 aromatic carbocycles. The Morgan fingerprint density at radius 2 is 1.14 bits per heavy atom. The monoisotopic (exact) mass is 598 g/mol. The minimum absolute atomic E-state index is 0.253. The zero-order chi connectivity index (χ0) is 30.2. The molecule has 43 heavy (non-hydrogen) atoms. The first kappa shape index (κ1) is 30.0. The van der Waals surface area contributed by atoms with E-state index in [1.807, 2.05) is 31.2 Å². The van der Waals surface area contributed by atoms with E-state index < -0.39 is 47.8 Å². The SMILES string of the molecule is Cc1ccc(S[C@@H]2O[C@H](COC(=O)c3ccccc3)[C@H](OC(=O)c3ccccc3)[C@H](O)[C@H]2OC(=O)c2ccccc2)cc1. The third-order valence-corrected chi connectivity index (χ3v) is 7.94. The van der Waals surface area contributed by atoms with Crippen molar-refractivity contribution in [2.75, 3.05) is 6.61 Å². The molecule has 9 heteroatoms. The van der Waals surface area contributed by atoms with Crippen LogP contribution in [0.25, 0.3) is 0 Å². The van der Waals surface area contributed by atoms with Gasteiger partial charge >= 0.3 is 17.9 Å². The van der Waals surface area contributed by atoms with E-state index in [1.54, 1.807) is 91.0 Å². The molecule has 0 aromatic heterocycles. The first-order chi connectivity index (χ1) is 20.9. The van der Waals surface area contributed by atoms with Crippen LogP contribution in [-0.4, -0.2) is 59.5 Å². The summed E-state index contributed by atoms with van der Waals surface area (Å²) in [7, 11) is 0. The summed E-state index contributed by atoms with van der Waals surface area (Å²) in [6.45, 7) is 1.63. The van der Waals surface area contributed by atoms with Gasteiger partial charge in [0.1, 0.15) is 24.3 Å². The molecular formula is C34H30O8S. The minimum atomic E-state index is -1.52. The maximum atomic E-state index is 13.1. The van der Waals surface area contributed by atoms with Crippen molar-refractivity contribution < 1.29 is 38.4 Å². The largest absolute Gasteiger partial charge is 0.459 e. The van der Waals surface area contributed by atoms with Crippen LogP contribution in [0.4, 0.5) is 0 Å². The van der Waals surface area contributed by atoms with E-state index in [0.717, 1.165) is 10.5 Å². The molecule has 0 amide bonds. The van der Waals surface area contributed by atoms with Crippen molar-refractivity contribution in [3.63, 3.8) is 0 Å². The molecule has 0 radical (unpaired) electrons. The summed E-state index contributed by atoms with van der Waals surface area (Å²) in [4.78, 5) is 39.8. The Hall–Kier alpha value is -4.44. The first-order valence-corrected chi connectivity index (χ1v) is 14.6. The highest BCUT2D eigenvalue weighted by Crippen LogP contribution is 2.37. The predicted octanol–water partition coefficient (Wildman–Crippen LogP) is 5.48. The molecule has 0 saturated carbocycles. The molecule has 5 rings (SSSR count). The van der Waals surface area contributed by atoms with Gasteiger partial charge in [0.15, 0.2) is 12.2 Å². The van der Waals surface area contributed by atoms with Crippen LogP contribution < -0.4 is 0 Å². The number of esters is 3. The van der Waals surface area contributed by atoms with E-state index in [1.165, 1.54) is 11.8 Å². The first-order valence-electron chi connectivity index (χ1n) is 13.7. The van der Waals surface area contributed by atoms with E-state index in [-0.39, 0.29) is 17.7 Å². The fourth-order valence-electron chi connectivity index (χ4n) is 4.49. The van der Waals surface area contributed by atoms with Gasteiger partial charge in [-0.1, -0.05) is 84.1 Å². The van der Waals surface area contributed by atoms with Crippen LogP contribution in [0.1, 0.15) is 36.6 Å². The van der Waals surface area contributed by atoms with E-state index in [0.29, 0.717) is 5.56 Å². The maximum absolute atomic E-state index is 13.1. The van der Waals surface area contributed by atoms with Crippen molar-refractivity contribution in [3.8, 4) is 0 Å². The number of rotatable bonds is 9. The molecule has 220 valence electrons. The normalized spacial score (nSPS) is 21.4. The van der Waals surface area contributed by atoms with Gasteiger partial charge in [-0.25, -0.2) is 14.4 Å². The highest BCUT2D eigenvalue weighted by atomic mass is 32.2. The summed E-state index contributed by atoms with van der Waals surface area (Å²) in [5.41, 5.74) is 0.989. The van der Waals surface area contributed by atoms with Gasteiger partial charge in [0.2, 0.25) is 0 Å². The number of carbonyl (C=O) groups is 3. The van der Waals surface area contributed by atoms with Crippen LogP contribution in [0.2, 0.25) is 0 Å². The maximum Gasteiger partial charge on any atom is 0.338 e. The fourth-order valence-corrected chi connectivity index (χ4v) is 5.60. The number of aliphatic hydroxyl groups excluding tert-OH is 1. The molecule has 0 bridgehead atoms. The van der Waals surface area contributed by atoms with Crippen molar-refractivity contribution in [2.45, 2.75) is 41.7 Å². The molecule has 1 fully saturated rings. The second-order valence-electron chi connectivity index (χ2n) is 9.90. The van der Waals surface area contributed by atoms with E-state index >= 15 is 0 Å². The van der Waals surface area contributed by atoms with Gasteiger partial charge in [0.05, 0.1) is 16.7 Å². The van der Waals surface area contributed by atoms with Gasteiger partial charge in [-0.2, -0.15) is 0 Å². The molecule has 1 N–H and O–H groups in total. The van der Waals surface area contributed by atoms with Gasteiger partial charge in [-0.3, -0.25) is 0 Å². The minimum Gasteiger partial charge on any atom is -0.459 e. The molecule has 0 aliphatic carbocycles. The number of carbonyl (C=O) groups excluding carboxylic acids is 3. The topological polar surface area (TPSA) is 108 Å². The molecule has 1 aliphatic rings. The Morgan fingerprint density at radius 3 is 1.65 bits per heavy atom. The summed E-state index contributed by atoms with van der Waals surface area (Å²) in [6, 6.07) is 32.7. The summed E-state index contributed by atoms with van der Waals surface area (Å²) in [6.07, 6.45) is -5.17. The van der Waals surface area contributed by atoms with Crippen LogP contribution in [0.3, 0.4) is 0 Å². The quantitative estimate of drug-likeness (QED) is 0.198. The number of aryl methyl sites for hydroxylation is 1. The zero-order valence-corrected chi connectivity index (χ0v) is 24.1. The molecular weight excluding hydrogens is 568 g/mol. The number of hydrogen-bond acceptors (Lipinski definition) is 9. The van der Waals surface area contributed by atoms with Gasteiger partial charge in [0.25, 0.3) is 0 Å². The third-order valence-electron chi connectivity index (χ3n) is 6.78. The average molecular weight is 599 g/mol. The summed E-state index contributed by atoms with van der Waals surface area (Å²) < 4.78 is 23.5. The Labute approximate surface area is 253 Å². The van der Waals surface area contributed by atoms with Crippen molar-refractivity contribution in [1.82, 2.24) is 0 Å². The number of ether oxygens (including phenoxy) is 4. The fraction of sp³-hybridized carbons (Fsp3) is 0.206. The van der Waals surface area contributed by atoms with E-state index in [9.17, 15) is 19.5 Å². The van der Waals surface area contributed by atoms with Crippen molar-refractivity contribution in [2.24, 2.45) is 0 Å². The molecule has 1 saturated heterocycles. The highest BCUT2D eigenvalue weighted by molar-refractivity contribution is 7.99. The Morgan fingerprint density at radius 1 is 0.674 bits per heavy atom. The van der Waals surface area contributed by atoms with Crippen LogP contribution in [0.5, 0.6) is 0 Å². The predicted molar refractivity (Wildman–Crippen MR) is 160 cm³/mol. The Kier molecular flexibility index (Phi) is 9.88. The lowest BCUT2D eigenvalue weighted by Gasteiger charge is -2.43. The van der Waals surface area contributed by atoms with E-state index in [2.05, 4.69) is 0 Å². The molecule has 1 aliphatic heterocycles. The van der Waals surface area contributed by atoms with Crippen molar-refractivity contribution >= 4 is 29.7 Å². The second-order valence-corrected chi connectivity index (χ2v) is 11.1. The molecule has 4 aromatic rings. The molecule has 8 nitrogen and oxygen atoms in total. The van der Waals surface area contributed by atoms with Crippen LogP contribution >= 0.6 is 11.8 Å². The van der Waals surface area contributed by atoms with Crippen LogP contribution in [0, 0.1) is 6.92 Å². The van der Waals surface area contributed by atoms with Gasteiger partial charge in [-0.15, -0.1) is 0 Å². The molecule has 0 unspecified atom stereocenters. The standard InChI is InChI=1S/C34H30O8S/c1-22-17-19-26(20-18-22)43-34-30(42-33(38)25-15-9-4-10-16-25)28(35)29(41-32(37)24-13-7-3-8-14-24)27(40-34)21-39-31(36)23-11-5-2-6-12-23/h2-20,27-30,34-35H,21H2,1H3/t27-,28+,29+,30-,34+/m1/s1. The lowest BCUT2D eigenvalue weighted by Crippen LogP contribution is -2.60. The zero-order valence-electron chi connectivity index (χ0n) is 23.3.